The van der Waals surface area contributed by atoms with E-state index in [4.69, 9.17) is 4.74 Å². The molecule has 0 radical (unpaired) electrons. The molecule has 1 aromatic rings. The number of benzene rings is 1. The van der Waals surface area contributed by atoms with E-state index in [1.165, 1.54) is 19.3 Å². The molecule has 2 spiro atoms. The van der Waals surface area contributed by atoms with Gasteiger partial charge in [0.1, 0.15) is 6.10 Å². The minimum Gasteiger partial charge on any atom is -0.459 e. The zero-order chi connectivity index (χ0) is 19.1. The van der Waals surface area contributed by atoms with Crippen molar-refractivity contribution in [2.45, 2.75) is 56.7 Å². The Morgan fingerprint density at radius 2 is 1.89 bits per heavy atom. The third-order valence-electron chi connectivity index (χ3n) is 9.12. The van der Waals surface area contributed by atoms with Crippen LogP contribution in [0.3, 0.4) is 0 Å². The molecule has 1 aromatic carbocycles. The van der Waals surface area contributed by atoms with Crippen molar-refractivity contribution in [2.24, 2.45) is 28.6 Å². The van der Waals surface area contributed by atoms with Crippen LogP contribution in [-0.2, 0) is 15.1 Å². The number of esters is 1. The van der Waals surface area contributed by atoms with Crippen LogP contribution in [0.4, 0.5) is 0 Å². The van der Waals surface area contributed by atoms with Crippen LogP contribution in [-0.4, -0.2) is 42.2 Å². The molecule has 6 rings (SSSR count). The summed E-state index contributed by atoms with van der Waals surface area (Å²) in [4.78, 5) is 15.9. The molecule has 4 aliphatic carbocycles. The van der Waals surface area contributed by atoms with E-state index in [0.717, 1.165) is 38.8 Å². The topological polar surface area (TPSA) is 49.8 Å². The standard InChI is InChI=1S/C24H31NO3/c1-25-13-18-20(23(18)15-22(11-12-22)19(23)14-25)28-21(26)24(27,17-9-5-6-10-17)16-7-3-2-4-8-16/h2-4,7-8,17-20,27H,5-6,9-15H2,1H3. The summed E-state index contributed by atoms with van der Waals surface area (Å²) in [5.41, 5.74) is -0.00185. The van der Waals surface area contributed by atoms with E-state index in [9.17, 15) is 9.90 Å². The summed E-state index contributed by atoms with van der Waals surface area (Å²) in [5, 5.41) is 11.7. The summed E-state index contributed by atoms with van der Waals surface area (Å²) in [6.07, 6.45) is 7.93. The van der Waals surface area contributed by atoms with Crippen LogP contribution < -0.4 is 0 Å². The zero-order valence-electron chi connectivity index (χ0n) is 16.8. The Labute approximate surface area is 167 Å². The van der Waals surface area contributed by atoms with Gasteiger partial charge in [-0.15, -0.1) is 0 Å². The van der Waals surface area contributed by atoms with Gasteiger partial charge in [-0.2, -0.15) is 0 Å². The maximum Gasteiger partial charge on any atom is 0.343 e. The summed E-state index contributed by atoms with van der Waals surface area (Å²) in [5.74, 6) is 0.737. The van der Waals surface area contributed by atoms with Crippen LogP contribution in [0.25, 0.3) is 0 Å². The lowest BCUT2D eigenvalue weighted by molar-refractivity contribution is -0.179. The Kier molecular flexibility index (Phi) is 3.50. The first-order valence-electron chi connectivity index (χ1n) is 11.2. The second kappa shape index (κ2) is 5.60. The molecule has 150 valence electrons. The average molecular weight is 382 g/mol. The van der Waals surface area contributed by atoms with Crippen LogP contribution in [0, 0.1) is 28.6 Å². The van der Waals surface area contributed by atoms with Gasteiger partial charge in [-0.25, -0.2) is 4.79 Å². The van der Waals surface area contributed by atoms with Gasteiger partial charge in [0.05, 0.1) is 0 Å². The van der Waals surface area contributed by atoms with Crippen molar-refractivity contribution in [1.82, 2.24) is 4.90 Å². The highest BCUT2D eigenvalue weighted by molar-refractivity contribution is 5.82. The largest absolute Gasteiger partial charge is 0.459 e. The van der Waals surface area contributed by atoms with Crippen molar-refractivity contribution < 1.29 is 14.6 Å². The third-order valence-corrected chi connectivity index (χ3v) is 9.12. The smallest absolute Gasteiger partial charge is 0.343 e. The highest BCUT2D eigenvalue weighted by Crippen LogP contribution is 2.84. The van der Waals surface area contributed by atoms with Gasteiger partial charge in [0.2, 0.25) is 0 Å². The zero-order valence-corrected chi connectivity index (χ0v) is 16.8. The Morgan fingerprint density at radius 3 is 2.57 bits per heavy atom. The van der Waals surface area contributed by atoms with Crippen molar-refractivity contribution in [3.8, 4) is 0 Å². The summed E-state index contributed by atoms with van der Waals surface area (Å²) in [6, 6.07) is 9.52. The fourth-order valence-electron chi connectivity index (χ4n) is 7.47. The van der Waals surface area contributed by atoms with Gasteiger partial charge in [0, 0.05) is 30.3 Å². The summed E-state index contributed by atoms with van der Waals surface area (Å²) in [6.45, 7) is 2.17. The number of aliphatic hydroxyl groups is 1. The molecule has 5 fully saturated rings. The average Bonchev–Trinajstić information content (AvgIpc) is 3.54. The van der Waals surface area contributed by atoms with Crippen molar-refractivity contribution in [3.63, 3.8) is 0 Å². The lowest BCUT2D eigenvalue weighted by Gasteiger charge is -2.52. The van der Waals surface area contributed by atoms with Gasteiger partial charge in [0.25, 0.3) is 0 Å². The van der Waals surface area contributed by atoms with Crippen LogP contribution in [0.15, 0.2) is 30.3 Å². The van der Waals surface area contributed by atoms with E-state index in [1.807, 2.05) is 30.3 Å². The first-order chi connectivity index (χ1) is 13.5. The fraction of sp³-hybridized carbons (Fsp3) is 0.708. The second-order valence-electron chi connectivity index (χ2n) is 10.5. The lowest BCUT2D eigenvalue weighted by atomic mass is 9.56. The van der Waals surface area contributed by atoms with Crippen LogP contribution >= 0.6 is 0 Å². The second-order valence-corrected chi connectivity index (χ2v) is 10.5. The molecule has 28 heavy (non-hydrogen) atoms. The number of hydrogen-bond donors (Lipinski definition) is 1. The molecule has 1 aliphatic heterocycles. The number of piperidine rings is 1. The third kappa shape index (κ3) is 2.11. The summed E-state index contributed by atoms with van der Waals surface area (Å²) < 4.78 is 6.22. The van der Waals surface area contributed by atoms with E-state index in [1.54, 1.807) is 0 Å². The molecule has 0 amide bonds. The normalized spacial score (nSPS) is 40.1. The predicted molar refractivity (Wildman–Crippen MR) is 105 cm³/mol. The highest BCUT2D eigenvalue weighted by atomic mass is 16.6. The lowest BCUT2D eigenvalue weighted by Crippen LogP contribution is -2.53. The number of ether oxygens (including phenoxy) is 1. The number of nitrogens with zero attached hydrogens (tertiary/aromatic N) is 1. The Balaban J connectivity index is 1.28. The van der Waals surface area contributed by atoms with Gasteiger partial charge in [-0.3, -0.25) is 0 Å². The first-order valence-corrected chi connectivity index (χ1v) is 11.2. The maximum absolute atomic E-state index is 13.5. The number of fused-ring (bicyclic) bond motifs is 1. The molecule has 0 aromatic heterocycles. The molecule has 4 heteroatoms. The van der Waals surface area contributed by atoms with E-state index in [2.05, 4.69) is 11.9 Å². The molecular formula is C24H31NO3. The molecule has 1 saturated heterocycles. The minimum absolute atomic E-state index is 0.0119. The van der Waals surface area contributed by atoms with Gasteiger partial charge < -0.3 is 14.7 Å². The molecule has 5 unspecified atom stereocenters. The Bertz CT molecular complexity index is 799. The van der Waals surface area contributed by atoms with Gasteiger partial charge >= 0.3 is 5.97 Å². The quantitative estimate of drug-likeness (QED) is 0.813. The molecule has 0 bridgehead atoms. The minimum atomic E-state index is -1.50. The predicted octanol–water partition coefficient (Wildman–Crippen LogP) is 3.34. The molecule has 1 N–H and O–H groups in total. The van der Waals surface area contributed by atoms with Crippen LogP contribution in [0.2, 0.25) is 0 Å². The van der Waals surface area contributed by atoms with E-state index < -0.39 is 11.6 Å². The van der Waals surface area contributed by atoms with E-state index >= 15 is 0 Å². The number of carbonyl (C=O) groups is 1. The molecular weight excluding hydrogens is 350 g/mol. The number of hydrogen-bond acceptors (Lipinski definition) is 4. The monoisotopic (exact) mass is 381 g/mol. The Morgan fingerprint density at radius 1 is 1.18 bits per heavy atom. The van der Waals surface area contributed by atoms with Crippen molar-refractivity contribution in [1.29, 1.82) is 0 Å². The van der Waals surface area contributed by atoms with E-state index in [-0.39, 0.29) is 17.4 Å². The molecule has 5 aliphatic rings. The first kappa shape index (κ1) is 17.5. The maximum atomic E-state index is 13.5. The van der Waals surface area contributed by atoms with Crippen molar-refractivity contribution >= 4 is 5.97 Å². The summed E-state index contributed by atoms with van der Waals surface area (Å²) >= 11 is 0. The SMILES string of the molecule is CN1CC2C(OC(=O)C(O)(c3ccccc3)C3CCCC3)C23CC2(CC2)C3C1. The number of carbonyl (C=O) groups excluding carboxylic acids is 1. The molecule has 4 saturated carbocycles. The Hall–Kier alpha value is -1.39. The molecule has 4 nitrogen and oxygen atoms in total. The molecule has 1 heterocycles. The van der Waals surface area contributed by atoms with Gasteiger partial charge in [-0.1, -0.05) is 43.2 Å². The highest BCUT2D eigenvalue weighted by Gasteiger charge is 2.85. The van der Waals surface area contributed by atoms with E-state index in [0.29, 0.717) is 22.8 Å². The van der Waals surface area contributed by atoms with Gasteiger partial charge in [-0.05, 0) is 56.0 Å². The van der Waals surface area contributed by atoms with Crippen molar-refractivity contribution in [2.75, 3.05) is 20.1 Å². The number of rotatable bonds is 4. The van der Waals surface area contributed by atoms with Crippen LogP contribution in [0.5, 0.6) is 0 Å². The fourth-order valence-corrected chi connectivity index (χ4v) is 7.47. The van der Waals surface area contributed by atoms with Gasteiger partial charge in [0.15, 0.2) is 5.60 Å². The molecule has 5 atom stereocenters. The van der Waals surface area contributed by atoms with Crippen molar-refractivity contribution in [3.05, 3.63) is 35.9 Å². The summed E-state index contributed by atoms with van der Waals surface area (Å²) in [7, 11) is 2.20. The number of likely N-dealkylation sites (tertiary alicyclic amines) is 1. The van der Waals surface area contributed by atoms with Crippen LogP contribution in [0.1, 0.15) is 50.5 Å².